The van der Waals surface area contributed by atoms with Crippen LogP contribution in [0.2, 0.25) is 0 Å². The molecule has 0 unspecified atom stereocenters. The molecule has 0 heterocycles. The number of hydrogen-bond donors (Lipinski definition) is 1. The maximum atomic E-state index is 11.7. The monoisotopic (exact) mass is 226 g/mol. The van der Waals surface area contributed by atoms with Gasteiger partial charge in [0.25, 0.3) is 0 Å². The quantitative estimate of drug-likeness (QED) is 0.454. The fourth-order valence-corrected chi connectivity index (χ4v) is 1.12. The molecule has 16 heavy (non-hydrogen) atoms. The number of oxime groups is 1. The van der Waals surface area contributed by atoms with Crippen molar-refractivity contribution < 1.29 is 10.0 Å². The highest BCUT2D eigenvalue weighted by Crippen LogP contribution is 2.19. The molecule has 0 radical (unpaired) electrons. The van der Waals surface area contributed by atoms with Gasteiger partial charge in [-0.25, -0.2) is 0 Å². The predicted octanol–water partition coefficient (Wildman–Crippen LogP) is 2.29. The van der Waals surface area contributed by atoms with Crippen LogP contribution in [0.25, 0.3) is 0 Å². The largest absolute Gasteiger partial charge is 0.411 e. The van der Waals surface area contributed by atoms with Crippen molar-refractivity contribution in [3.05, 3.63) is 11.6 Å². The maximum Gasteiger partial charge on any atom is 0.223 e. The van der Waals surface area contributed by atoms with Gasteiger partial charge >= 0.3 is 0 Å². The van der Waals surface area contributed by atoms with Crippen LogP contribution in [-0.2, 0) is 4.79 Å². The van der Waals surface area contributed by atoms with E-state index in [0.29, 0.717) is 13.0 Å². The lowest BCUT2D eigenvalue weighted by molar-refractivity contribution is -0.131. The van der Waals surface area contributed by atoms with Crippen molar-refractivity contribution in [1.29, 1.82) is 0 Å². The van der Waals surface area contributed by atoms with E-state index < -0.39 is 0 Å². The van der Waals surface area contributed by atoms with E-state index in [-0.39, 0.29) is 11.3 Å². The molecule has 0 aromatic rings. The Balaban J connectivity index is 4.22. The molecule has 0 aromatic heterocycles. The maximum absolute atomic E-state index is 11.7. The first-order valence-electron chi connectivity index (χ1n) is 5.34. The van der Waals surface area contributed by atoms with E-state index in [1.165, 1.54) is 6.21 Å². The third kappa shape index (κ3) is 7.04. The molecule has 0 rings (SSSR count). The van der Waals surface area contributed by atoms with Gasteiger partial charge < -0.3 is 10.1 Å². The molecule has 0 saturated carbocycles. The van der Waals surface area contributed by atoms with Crippen LogP contribution in [0.15, 0.2) is 16.8 Å². The van der Waals surface area contributed by atoms with Gasteiger partial charge in [0.1, 0.15) is 0 Å². The SMILES string of the molecule is CC(/C=N/O)=C\CN(C)C(=O)CC(C)(C)C. The Bertz CT molecular complexity index is 288. The van der Waals surface area contributed by atoms with Crippen LogP contribution in [-0.4, -0.2) is 35.8 Å². The fraction of sp³-hybridized carbons (Fsp3) is 0.667. The smallest absolute Gasteiger partial charge is 0.223 e. The molecule has 0 fully saturated rings. The number of carbonyl (C=O) groups is 1. The van der Waals surface area contributed by atoms with Gasteiger partial charge in [0.05, 0.1) is 6.21 Å². The molecule has 0 bridgehead atoms. The Morgan fingerprint density at radius 1 is 1.44 bits per heavy atom. The van der Waals surface area contributed by atoms with E-state index in [4.69, 9.17) is 5.21 Å². The molecule has 0 aromatic carbocycles. The number of rotatable bonds is 4. The molecule has 0 atom stereocenters. The van der Waals surface area contributed by atoms with Crippen LogP contribution in [0.4, 0.5) is 0 Å². The zero-order chi connectivity index (χ0) is 12.8. The van der Waals surface area contributed by atoms with Crippen molar-refractivity contribution in [3.8, 4) is 0 Å². The van der Waals surface area contributed by atoms with Crippen LogP contribution in [0.5, 0.6) is 0 Å². The predicted molar refractivity (Wildman–Crippen MR) is 65.7 cm³/mol. The van der Waals surface area contributed by atoms with Gasteiger partial charge in [-0.15, -0.1) is 0 Å². The van der Waals surface area contributed by atoms with Crippen LogP contribution < -0.4 is 0 Å². The van der Waals surface area contributed by atoms with Crippen LogP contribution in [0.3, 0.4) is 0 Å². The van der Waals surface area contributed by atoms with Crippen molar-refractivity contribution in [1.82, 2.24) is 4.90 Å². The molecule has 0 saturated heterocycles. The minimum Gasteiger partial charge on any atom is -0.411 e. The van der Waals surface area contributed by atoms with Crippen LogP contribution in [0, 0.1) is 5.41 Å². The molecule has 4 nitrogen and oxygen atoms in total. The highest BCUT2D eigenvalue weighted by molar-refractivity contribution is 5.78. The molecule has 0 aliphatic rings. The molecule has 1 N–H and O–H groups in total. The fourth-order valence-electron chi connectivity index (χ4n) is 1.12. The van der Waals surface area contributed by atoms with Gasteiger partial charge in [-0.3, -0.25) is 4.79 Å². The molecule has 1 amide bonds. The second-order valence-electron chi connectivity index (χ2n) is 5.20. The van der Waals surface area contributed by atoms with E-state index in [0.717, 1.165) is 5.57 Å². The lowest BCUT2D eigenvalue weighted by Crippen LogP contribution is -2.30. The molecule has 0 aliphatic carbocycles. The van der Waals surface area contributed by atoms with E-state index >= 15 is 0 Å². The summed E-state index contributed by atoms with van der Waals surface area (Å²) in [5.74, 6) is 0.123. The number of nitrogens with zero attached hydrogens (tertiary/aromatic N) is 2. The Labute approximate surface area is 97.6 Å². The minimum atomic E-state index is 0.0106. The Morgan fingerprint density at radius 3 is 2.44 bits per heavy atom. The second-order valence-corrected chi connectivity index (χ2v) is 5.20. The molecular formula is C12H22N2O2. The summed E-state index contributed by atoms with van der Waals surface area (Å²) in [6.07, 6.45) is 3.73. The van der Waals surface area contributed by atoms with Gasteiger partial charge in [-0.05, 0) is 17.9 Å². The average molecular weight is 226 g/mol. The van der Waals surface area contributed by atoms with Gasteiger partial charge in [0, 0.05) is 20.0 Å². The number of likely N-dealkylation sites (N-methyl/N-ethyl adjacent to an activating group) is 1. The standard InChI is InChI=1S/C12H22N2O2/c1-10(9-13-16)6-7-14(5)11(15)8-12(2,3)4/h6,9,16H,7-8H2,1-5H3/b10-6+,13-9+. The van der Waals surface area contributed by atoms with Gasteiger partial charge in [-0.1, -0.05) is 32.0 Å². The van der Waals surface area contributed by atoms with Crippen molar-refractivity contribution in [2.75, 3.05) is 13.6 Å². The summed E-state index contributed by atoms with van der Waals surface area (Å²) in [5, 5.41) is 11.2. The number of amides is 1. The van der Waals surface area contributed by atoms with Crippen molar-refractivity contribution >= 4 is 12.1 Å². The summed E-state index contributed by atoms with van der Waals surface area (Å²) in [5.41, 5.74) is 0.842. The number of hydrogen-bond acceptors (Lipinski definition) is 3. The van der Waals surface area contributed by atoms with E-state index in [2.05, 4.69) is 5.16 Å². The van der Waals surface area contributed by atoms with Gasteiger partial charge in [0.15, 0.2) is 0 Å². The zero-order valence-corrected chi connectivity index (χ0v) is 10.8. The highest BCUT2D eigenvalue weighted by atomic mass is 16.4. The first-order chi connectivity index (χ1) is 7.26. The minimum absolute atomic E-state index is 0.0106. The van der Waals surface area contributed by atoms with Crippen molar-refractivity contribution in [2.24, 2.45) is 10.6 Å². The van der Waals surface area contributed by atoms with Gasteiger partial charge in [-0.2, -0.15) is 0 Å². The van der Waals surface area contributed by atoms with Crippen LogP contribution in [0.1, 0.15) is 34.1 Å². The molecule has 0 spiro atoms. The van der Waals surface area contributed by atoms with Crippen molar-refractivity contribution in [2.45, 2.75) is 34.1 Å². The summed E-state index contributed by atoms with van der Waals surface area (Å²) >= 11 is 0. The molecule has 92 valence electrons. The van der Waals surface area contributed by atoms with E-state index in [1.54, 1.807) is 11.9 Å². The molecule has 0 aliphatic heterocycles. The van der Waals surface area contributed by atoms with Crippen molar-refractivity contribution in [3.63, 3.8) is 0 Å². The van der Waals surface area contributed by atoms with Crippen LogP contribution >= 0.6 is 0 Å². The average Bonchev–Trinajstić information content (AvgIpc) is 2.11. The topological polar surface area (TPSA) is 52.9 Å². The third-order valence-electron chi connectivity index (χ3n) is 2.06. The van der Waals surface area contributed by atoms with Gasteiger partial charge in [0.2, 0.25) is 5.91 Å². The normalized spacial score (nSPS) is 13.2. The molecule has 4 heteroatoms. The summed E-state index contributed by atoms with van der Waals surface area (Å²) in [6, 6.07) is 0. The molecular weight excluding hydrogens is 204 g/mol. The highest BCUT2D eigenvalue weighted by Gasteiger charge is 2.18. The van der Waals surface area contributed by atoms with E-state index in [1.807, 2.05) is 33.8 Å². The van der Waals surface area contributed by atoms with E-state index in [9.17, 15) is 4.79 Å². The first-order valence-corrected chi connectivity index (χ1v) is 5.34. The number of allylic oxidation sites excluding steroid dienone is 1. The Morgan fingerprint density at radius 2 is 2.00 bits per heavy atom. The Hall–Kier alpha value is -1.32. The Kier molecular flexibility index (Phi) is 5.78. The summed E-state index contributed by atoms with van der Waals surface area (Å²) in [7, 11) is 1.77. The lowest BCUT2D eigenvalue weighted by Gasteiger charge is -2.22. The summed E-state index contributed by atoms with van der Waals surface area (Å²) in [4.78, 5) is 13.4. The lowest BCUT2D eigenvalue weighted by atomic mass is 9.92. The summed E-state index contributed by atoms with van der Waals surface area (Å²) in [6.45, 7) is 8.48. The second kappa shape index (κ2) is 6.30. The third-order valence-corrected chi connectivity index (χ3v) is 2.06. The zero-order valence-electron chi connectivity index (χ0n) is 10.8. The first kappa shape index (κ1) is 14.7. The number of carbonyl (C=O) groups excluding carboxylic acids is 1. The summed E-state index contributed by atoms with van der Waals surface area (Å²) < 4.78 is 0.